The molecule has 1 fully saturated rings. The van der Waals surface area contributed by atoms with Crippen LogP contribution in [0.3, 0.4) is 0 Å². The van der Waals surface area contributed by atoms with E-state index in [0.29, 0.717) is 30.4 Å². The van der Waals surface area contributed by atoms with E-state index in [1.54, 1.807) is 6.07 Å². The van der Waals surface area contributed by atoms with Crippen molar-refractivity contribution in [2.45, 2.75) is 11.0 Å². The van der Waals surface area contributed by atoms with Crippen molar-refractivity contribution in [2.24, 2.45) is 0 Å². The summed E-state index contributed by atoms with van der Waals surface area (Å²) in [6.07, 6.45) is 0.695. The SMILES string of the molecule is CS(=O)(=O)c1ccc(N2CCOC(c3ccccc3Cl)C2)c([N+](=O)[O-])c1. The molecule has 1 aliphatic heterocycles. The maximum Gasteiger partial charge on any atom is 0.293 e. The molecular weight excluding hydrogens is 380 g/mol. The first-order valence-corrected chi connectivity index (χ1v) is 10.1. The molecule has 1 unspecified atom stereocenters. The Morgan fingerprint density at radius 1 is 1.27 bits per heavy atom. The topological polar surface area (TPSA) is 89.8 Å². The van der Waals surface area contributed by atoms with Gasteiger partial charge in [-0.1, -0.05) is 29.8 Å². The average molecular weight is 397 g/mol. The molecule has 3 rings (SSSR count). The van der Waals surface area contributed by atoms with Crippen LogP contribution in [0.1, 0.15) is 11.7 Å². The molecule has 26 heavy (non-hydrogen) atoms. The van der Waals surface area contributed by atoms with Crippen LogP contribution < -0.4 is 4.90 Å². The molecule has 2 aromatic rings. The van der Waals surface area contributed by atoms with Crippen molar-refractivity contribution in [1.82, 2.24) is 0 Å². The molecule has 7 nitrogen and oxygen atoms in total. The second kappa shape index (κ2) is 7.22. The number of hydrogen-bond donors (Lipinski definition) is 0. The largest absolute Gasteiger partial charge is 0.370 e. The summed E-state index contributed by atoms with van der Waals surface area (Å²) in [6, 6.07) is 11.3. The summed E-state index contributed by atoms with van der Waals surface area (Å²) < 4.78 is 29.2. The maximum absolute atomic E-state index is 11.7. The predicted molar refractivity (Wildman–Crippen MR) is 98.6 cm³/mol. The van der Waals surface area contributed by atoms with Crippen molar-refractivity contribution in [3.8, 4) is 0 Å². The van der Waals surface area contributed by atoms with E-state index in [2.05, 4.69) is 0 Å². The Morgan fingerprint density at radius 3 is 2.65 bits per heavy atom. The normalized spacial score (nSPS) is 17.9. The number of nitrogens with zero attached hydrogens (tertiary/aromatic N) is 2. The third kappa shape index (κ3) is 3.82. The number of sulfone groups is 1. The number of nitro groups is 1. The zero-order valence-electron chi connectivity index (χ0n) is 14.0. The van der Waals surface area contributed by atoms with Gasteiger partial charge in [0.1, 0.15) is 11.8 Å². The highest BCUT2D eigenvalue weighted by molar-refractivity contribution is 7.90. The van der Waals surface area contributed by atoms with Gasteiger partial charge >= 0.3 is 0 Å². The van der Waals surface area contributed by atoms with E-state index in [1.807, 2.05) is 23.1 Å². The van der Waals surface area contributed by atoms with Crippen molar-refractivity contribution in [1.29, 1.82) is 0 Å². The van der Waals surface area contributed by atoms with E-state index >= 15 is 0 Å². The van der Waals surface area contributed by atoms with Gasteiger partial charge in [-0.3, -0.25) is 10.1 Å². The van der Waals surface area contributed by atoms with E-state index < -0.39 is 14.8 Å². The standard InChI is InChI=1S/C17H17ClN2O5S/c1-26(23,24)12-6-7-15(16(10-12)20(21)22)19-8-9-25-17(11-19)13-4-2-3-5-14(13)18/h2-7,10,17H,8-9,11H2,1H3. The quantitative estimate of drug-likeness (QED) is 0.582. The molecule has 0 spiro atoms. The Hall–Kier alpha value is -2.16. The van der Waals surface area contributed by atoms with Gasteiger partial charge in [-0.2, -0.15) is 0 Å². The number of benzene rings is 2. The molecular formula is C17H17ClN2O5S. The summed E-state index contributed by atoms with van der Waals surface area (Å²) in [6.45, 7) is 1.21. The molecule has 0 saturated carbocycles. The molecule has 9 heteroatoms. The molecule has 0 N–H and O–H groups in total. The lowest BCUT2D eigenvalue weighted by molar-refractivity contribution is -0.384. The minimum Gasteiger partial charge on any atom is -0.370 e. The minimum atomic E-state index is -3.53. The van der Waals surface area contributed by atoms with Gasteiger partial charge in [0, 0.05) is 36.0 Å². The molecule has 1 atom stereocenters. The van der Waals surface area contributed by atoms with Crippen molar-refractivity contribution >= 4 is 32.8 Å². The fourth-order valence-electron chi connectivity index (χ4n) is 2.94. The molecule has 0 bridgehead atoms. The summed E-state index contributed by atoms with van der Waals surface area (Å²) in [5.74, 6) is 0. The van der Waals surface area contributed by atoms with Gasteiger partial charge in [-0.05, 0) is 18.2 Å². The summed E-state index contributed by atoms with van der Waals surface area (Å²) in [5.41, 5.74) is 0.935. The van der Waals surface area contributed by atoms with Gasteiger partial charge in [0.25, 0.3) is 5.69 Å². The Balaban J connectivity index is 1.96. The molecule has 0 radical (unpaired) electrons. The van der Waals surface area contributed by atoms with Crippen LogP contribution in [0, 0.1) is 10.1 Å². The first kappa shape index (κ1) is 18.6. The number of halogens is 1. The van der Waals surface area contributed by atoms with Gasteiger partial charge in [0.2, 0.25) is 0 Å². The Morgan fingerprint density at radius 2 is 2.00 bits per heavy atom. The van der Waals surface area contributed by atoms with Crippen molar-refractivity contribution in [3.63, 3.8) is 0 Å². The van der Waals surface area contributed by atoms with E-state index in [4.69, 9.17) is 16.3 Å². The number of hydrogen-bond acceptors (Lipinski definition) is 6. The Kier molecular flexibility index (Phi) is 5.17. The van der Waals surface area contributed by atoms with Crippen LogP contribution in [-0.4, -0.2) is 39.3 Å². The molecule has 0 aliphatic carbocycles. The second-order valence-corrected chi connectivity index (χ2v) is 8.43. The minimum absolute atomic E-state index is 0.0798. The molecule has 1 heterocycles. The highest BCUT2D eigenvalue weighted by Crippen LogP contribution is 2.35. The highest BCUT2D eigenvalue weighted by Gasteiger charge is 2.29. The molecule has 1 aliphatic rings. The first-order valence-electron chi connectivity index (χ1n) is 7.87. The van der Waals surface area contributed by atoms with Gasteiger partial charge < -0.3 is 9.64 Å². The lowest BCUT2D eigenvalue weighted by Gasteiger charge is -2.34. The summed E-state index contributed by atoms with van der Waals surface area (Å²) >= 11 is 6.23. The van der Waals surface area contributed by atoms with Crippen LogP contribution >= 0.6 is 11.6 Å². The third-order valence-electron chi connectivity index (χ3n) is 4.23. The van der Waals surface area contributed by atoms with Crippen molar-refractivity contribution in [2.75, 3.05) is 30.9 Å². The first-order chi connectivity index (χ1) is 12.3. The number of ether oxygens (including phenoxy) is 1. The van der Waals surface area contributed by atoms with Crippen LogP contribution in [0.15, 0.2) is 47.4 Å². The van der Waals surface area contributed by atoms with Gasteiger partial charge in [-0.15, -0.1) is 0 Å². The number of rotatable bonds is 4. The van der Waals surface area contributed by atoms with E-state index in [9.17, 15) is 18.5 Å². The van der Waals surface area contributed by atoms with Crippen molar-refractivity contribution < 1.29 is 18.1 Å². The Labute approximate surface area is 156 Å². The van der Waals surface area contributed by atoms with Crippen LogP contribution in [0.4, 0.5) is 11.4 Å². The van der Waals surface area contributed by atoms with Crippen molar-refractivity contribution in [3.05, 3.63) is 63.2 Å². The van der Waals surface area contributed by atoms with E-state index in [1.165, 1.54) is 12.1 Å². The van der Waals surface area contributed by atoms with Gasteiger partial charge in [-0.25, -0.2) is 8.42 Å². The monoisotopic (exact) mass is 396 g/mol. The van der Waals surface area contributed by atoms with Crippen LogP contribution in [0.25, 0.3) is 0 Å². The second-order valence-electron chi connectivity index (χ2n) is 6.01. The van der Waals surface area contributed by atoms with E-state index in [-0.39, 0.29) is 16.7 Å². The summed E-state index contributed by atoms with van der Waals surface area (Å²) in [5, 5.41) is 12.1. The lowest BCUT2D eigenvalue weighted by Crippen LogP contribution is -2.38. The van der Waals surface area contributed by atoms with Crippen LogP contribution in [-0.2, 0) is 14.6 Å². The van der Waals surface area contributed by atoms with Gasteiger partial charge in [0.05, 0.1) is 16.4 Å². The lowest BCUT2D eigenvalue weighted by atomic mass is 10.1. The Bertz CT molecular complexity index is 948. The average Bonchev–Trinajstić information content (AvgIpc) is 2.61. The molecule has 2 aromatic carbocycles. The van der Waals surface area contributed by atoms with Crippen LogP contribution in [0.5, 0.6) is 0 Å². The van der Waals surface area contributed by atoms with Gasteiger partial charge in [0.15, 0.2) is 9.84 Å². The third-order valence-corrected chi connectivity index (χ3v) is 5.69. The number of morpholine rings is 1. The molecule has 0 aromatic heterocycles. The highest BCUT2D eigenvalue weighted by atomic mass is 35.5. The van der Waals surface area contributed by atoms with Crippen LogP contribution in [0.2, 0.25) is 5.02 Å². The maximum atomic E-state index is 11.7. The zero-order chi connectivity index (χ0) is 18.9. The fourth-order valence-corrected chi connectivity index (χ4v) is 3.84. The van der Waals surface area contributed by atoms with E-state index in [0.717, 1.165) is 17.9 Å². The predicted octanol–water partition coefficient (Wildman–Crippen LogP) is 3.23. The number of nitro benzene ring substituents is 1. The summed E-state index contributed by atoms with van der Waals surface area (Å²) in [4.78, 5) is 12.7. The molecule has 138 valence electrons. The fraction of sp³-hybridized carbons (Fsp3) is 0.294. The smallest absolute Gasteiger partial charge is 0.293 e. The molecule has 1 saturated heterocycles. The zero-order valence-corrected chi connectivity index (χ0v) is 15.5. The number of anilines is 1. The summed E-state index contributed by atoms with van der Waals surface area (Å²) in [7, 11) is -3.53. The molecule has 0 amide bonds.